The third kappa shape index (κ3) is 7.20. The summed E-state index contributed by atoms with van der Waals surface area (Å²) in [6, 6.07) is 22.7. The van der Waals surface area contributed by atoms with Crippen LogP contribution in [-0.4, -0.2) is 53.0 Å². The Morgan fingerprint density at radius 1 is 1.00 bits per heavy atom. The van der Waals surface area contributed by atoms with E-state index in [-0.39, 0.29) is 35.4 Å². The van der Waals surface area contributed by atoms with Crippen molar-refractivity contribution in [2.75, 3.05) is 6.54 Å². The fourth-order valence-corrected chi connectivity index (χ4v) is 5.95. The molecule has 0 bridgehead atoms. The van der Waals surface area contributed by atoms with E-state index in [1.807, 2.05) is 54.6 Å². The Balaban J connectivity index is 1.19. The average Bonchev–Trinajstić information content (AvgIpc) is 3.67. The maximum Gasteiger partial charge on any atom is 0.322 e. The number of carboxylic acids is 1. The highest BCUT2D eigenvalue weighted by Crippen LogP contribution is 2.31. The summed E-state index contributed by atoms with van der Waals surface area (Å²) in [5, 5.41) is 13.6. The third-order valence-electron chi connectivity index (χ3n) is 6.91. The molecule has 3 aromatic carbocycles. The van der Waals surface area contributed by atoms with E-state index in [4.69, 9.17) is 9.26 Å². The number of nitrogens with zero attached hydrogens (tertiary/aromatic N) is 3. The van der Waals surface area contributed by atoms with E-state index in [0.29, 0.717) is 19.6 Å². The minimum absolute atomic E-state index is 0.0410. The monoisotopic (exact) mass is 590 g/mol. The molecule has 0 spiro atoms. The molecule has 2 heterocycles. The molecule has 1 aliphatic heterocycles. The normalized spacial score (nSPS) is 15.8. The number of likely N-dealkylation sites (tertiary alicyclic amines) is 1. The molecule has 218 valence electrons. The fraction of sp³-hybridized carbons (Fsp3) is 0.267. The van der Waals surface area contributed by atoms with E-state index in [1.165, 1.54) is 12.1 Å². The van der Waals surface area contributed by atoms with Gasteiger partial charge in [0, 0.05) is 6.54 Å². The molecule has 1 saturated heterocycles. The van der Waals surface area contributed by atoms with E-state index < -0.39 is 28.1 Å². The maximum atomic E-state index is 13.2. The Kier molecular flexibility index (Phi) is 8.94. The van der Waals surface area contributed by atoms with Gasteiger partial charge in [-0.1, -0.05) is 65.8 Å². The number of benzene rings is 3. The predicted octanol–water partition coefficient (Wildman–Crippen LogP) is 3.53. The van der Waals surface area contributed by atoms with Crippen molar-refractivity contribution >= 4 is 21.9 Å². The first kappa shape index (κ1) is 29.0. The van der Waals surface area contributed by atoms with Gasteiger partial charge in [0.25, 0.3) is 0 Å². The summed E-state index contributed by atoms with van der Waals surface area (Å²) in [5.41, 5.74) is 1.84. The van der Waals surface area contributed by atoms with Crippen molar-refractivity contribution in [3.05, 3.63) is 108 Å². The SMILES string of the molecule is O=C(O)C(Cc1nc(C2CCCN2C(=O)Cc2ccc(COc3ccccc3)cc2)no1)NS(=O)(=O)c1ccccc1. The largest absolute Gasteiger partial charge is 0.489 e. The van der Waals surface area contributed by atoms with Crippen LogP contribution in [0.3, 0.4) is 0 Å². The van der Waals surface area contributed by atoms with Gasteiger partial charge in [-0.2, -0.15) is 9.71 Å². The van der Waals surface area contributed by atoms with Crippen LogP contribution in [0.5, 0.6) is 5.75 Å². The number of carboxylic acid groups (broad SMARTS) is 1. The topological polar surface area (TPSA) is 152 Å². The van der Waals surface area contributed by atoms with Crippen LogP contribution < -0.4 is 9.46 Å². The summed E-state index contributed by atoms with van der Waals surface area (Å²) in [4.78, 5) is 31.0. The van der Waals surface area contributed by atoms with Gasteiger partial charge in [0.2, 0.25) is 21.8 Å². The number of ether oxygens (including phenoxy) is 1. The smallest absolute Gasteiger partial charge is 0.322 e. The molecule has 5 rings (SSSR count). The molecule has 2 unspecified atom stereocenters. The minimum atomic E-state index is -4.08. The van der Waals surface area contributed by atoms with Crippen molar-refractivity contribution in [1.82, 2.24) is 19.8 Å². The standard InChI is InChI=1S/C30H30N4O7S/c35-28(18-21-13-15-22(16-14-21)20-40-23-8-3-1-4-9-23)34-17-7-12-26(34)29-31-27(41-32-29)19-25(30(36)37)33-42(38,39)24-10-5-2-6-11-24/h1-6,8-11,13-16,25-26,33H,7,12,17-20H2,(H,36,37). The molecule has 0 radical (unpaired) electrons. The lowest BCUT2D eigenvalue weighted by Gasteiger charge is -2.22. The zero-order chi connectivity index (χ0) is 29.5. The molecule has 4 aromatic rings. The molecular weight excluding hydrogens is 560 g/mol. The number of rotatable bonds is 12. The zero-order valence-electron chi connectivity index (χ0n) is 22.6. The lowest BCUT2D eigenvalue weighted by Crippen LogP contribution is -2.42. The number of para-hydroxylation sites is 1. The number of aliphatic carboxylic acids is 1. The Bertz CT molecular complexity index is 1610. The number of carbonyl (C=O) groups is 2. The predicted molar refractivity (Wildman–Crippen MR) is 151 cm³/mol. The fourth-order valence-electron chi connectivity index (χ4n) is 4.74. The lowest BCUT2D eigenvalue weighted by molar-refractivity contribution is -0.139. The quantitative estimate of drug-likeness (QED) is 0.252. The van der Waals surface area contributed by atoms with E-state index in [9.17, 15) is 23.1 Å². The number of amides is 1. The molecule has 2 N–H and O–H groups in total. The van der Waals surface area contributed by atoms with Crippen molar-refractivity contribution in [2.45, 2.75) is 49.3 Å². The van der Waals surface area contributed by atoms with Gasteiger partial charge in [-0.05, 0) is 48.2 Å². The van der Waals surface area contributed by atoms with Gasteiger partial charge in [0.1, 0.15) is 18.4 Å². The number of nitrogens with one attached hydrogen (secondary N) is 1. The average molecular weight is 591 g/mol. The summed E-state index contributed by atoms with van der Waals surface area (Å²) in [6.07, 6.45) is 1.23. The number of carbonyl (C=O) groups excluding carboxylic acids is 1. The second-order valence-electron chi connectivity index (χ2n) is 9.92. The highest BCUT2D eigenvalue weighted by atomic mass is 32.2. The van der Waals surface area contributed by atoms with Crippen LogP contribution in [0.2, 0.25) is 0 Å². The molecule has 1 aliphatic rings. The summed E-state index contributed by atoms with van der Waals surface area (Å²) < 4.78 is 38.5. The Morgan fingerprint density at radius 3 is 2.36 bits per heavy atom. The van der Waals surface area contributed by atoms with E-state index in [1.54, 1.807) is 23.1 Å². The first-order chi connectivity index (χ1) is 20.3. The van der Waals surface area contributed by atoms with E-state index >= 15 is 0 Å². The molecule has 0 saturated carbocycles. The first-order valence-electron chi connectivity index (χ1n) is 13.5. The van der Waals surface area contributed by atoms with Crippen LogP contribution in [0.1, 0.15) is 41.7 Å². The molecule has 1 fully saturated rings. The van der Waals surface area contributed by atoms with Gasteiger partial charge in [0.05, 0.1) is 23.8 Å². The molecule has 0 aliphatic carbocycles. The molecule has 1 amide bonds. The second kappa shape index (κ2) is 13.0. The Morgan fingerprint density at radius 2 is 1.67 bits per heavy atom. The molecule has 11 nitrogen and oxygen atoms in total. The Labute approximate surface area is 243 Å². The van der Waals surface area contributed by atoms with E-state index in [0.717, 1.165) is 23.3 Å². The van der Waals surface area contributed by atoms with E-state index in [2.05, 4.69) is 14.9 Å². The minimum Gasteiger partial charge on any atom is -0.489 e. The van der Waals surface area contributed by atoms with Gasteiger partial charge in [-0.25, -0.2) is 8.42 Å². The van der Waals surface area contributed by atoms with Gasteiger partial charge in [0.15, 0.2) is 5.82 Å². The van der Waals surface area contributed by atoms with Gasteiger partial charge in [-0.15, -0.1) is 0 Å². The van der Waals surface area contributed by atoms with Crippen LogP contribution in [0.4, 0.5) is 0 Å². The molecule has 1 aromatic heterocycles. The summed E-state index contributed by atoms with van der Waals surface area (Å²) in [7, 11) is -4.08. The van der Waals surface area contributed by atoms with Crippen molar-refractivity contribution in [3.8, 4) is 5.75 Å². The van der Waals surface area contributed by atoms with Gasteiger partial charge >= 0.3 is 5.97 Å². The van der Waals surface area contributed by atoms with Crippen molar-refractivity contribution < 1.29 is 32.4 Å². The molecule has 2 atom stereocenters. The second-order valence-corrected chi connectivity index (χ2v) is 11.6. The lowest BCUT2D eigenvalue weighted by atomic mass is 10.1. The number of hydrogen-bond donors (Lipinski definition) is 2. The van der Waals surface area contributed by atoms with Crippen LogP contribution in [0, 0.1) is 0 Å². The molecule has 42 heavy (non-hydrogen) atoms. The van der Waals surface area contributed by atoms with Crippen LogP contribution in [0.15, 0.2) is 94.3 Å². The van der Waals surface area contributed by atoms with Crippen LogP contribution in [-0.2, 0) is 39.1 Å². The highest BCUT2D eigenvalue weighted by molar-refractivity contribution is 7.89. The zero-order valence-corrected chi connectivity index (χ0v) is 23.4. The van der Waals surface area contributed by atoms with Crippen LogP contribution in [0.25, 0.3) is 0 Å². The van der Waals surface area contributed by atoms with Crippen molar-refractivity contribution in [1.29, 1.82) is 0 Å². The number of sulfonamides is 1. The summed E-state index contributed by atoms with van der Waals surface area (Å²) >= 11 is 0. The molecular formula is C30H30N4O7S. The maximum absolute atomic E-state index is 13.2. The number of hydrogen-bond acceptors (Lipinski definition) is 8. The van der Waals surface area contributed by atoms with Gasteiger partial charge in [-0.3, -0.25) is 9.59 Å². The Hall–Kier alpha value is -4.55. The highest BCUT2D eigenvalue weighted by Gasteiger charge is 2.34. The van der Waals surface area contributed by atoms with Crippen LogP contribution >= 0.6 is 0 Å². The van der Waals surface area contributed by atoms with Crippen molar-refractivity contribution in [2.24, 2.45) is 0 Å². The van der Waals surface area contributed by atoms with Gasteiger partial charge < -0.3 is 19.3 Å². The third-order valence-corrected chi connectivity index (χ3v) is 8.40. The first-order valence-corrected chi connectivity index (χ1v) is 14.9. The number of aromatic nitrogens is 2. The summed E-state index contributed by atoms with van der Waals surface area (Å²) in [5.74, 6) is -0.464. The molecule has 12 heteroatoms. The van der Waals surface area contributed by atoms with Crippen molar-refractivity contribution in [3.63, 3.8) is 0 Å². The summed E-state index contributed by atoms with van der Waals surface area (Å²) in [6.45, 7) is 0.952.